The monoisotopic (exact) mass is 467 g/mol. The van der Waals surface area contributed by atoms with Crippen molar-refractivity contribution >= 4 is 45.5 Å². The highest BCUT2D eigenvalue weighted by molar-refractivity contribution is 7.98. The minimum atomic E-state index is -0.306. The zero-order valence-electron chi connectivity index (χ0n) is 16.7. The second kappa shape index (κ2) is 9.27. The number of rotatable bonds is 6. The molecule has 0 saturated heterocycles. The molecule has 0 bridgehead atoms. The molecule has 4 rings (SSSR count). The molecule has 0 amide bonds. The molecule has 0 fully saturated rings. The molecule has 0 unspecified atom stereocenters. The smallest absolute Gasteiger partial charge is 0.196 e. The average Bonchev–Trinajstić information content (AvgIpc) is 3.10. The number of thioether (sulfide) groups is 1. The Morgan fingerprint density at radius 1 is 1.00 bits per heavy atom. The van der Waals surface area contributed by atoms with Crippen LogP contribution in [-0.2, 0) is 6.42 Å². The number of carbonyl (C=O) groups is 1. The SMILES string of the molecule is CSc1ccc(Cc2c(-c3ccc(F)cc3)sc(N)c2C(=O)c2ccc(Cl)cc2)cc1. The lowest BCUT2D eigenvalue weighted by atomic mass is 9.94. The minimum absolute atomic E-state index is 0.144. The van der Waals surface area contributed by atoms with Gasteiger partial charge in [0.1, 0.15) is 5.82 Å². The topological polar surface area (TPSA) is 43.1 Å². The van der Waals surface area contributed by atoms with E-state index in [1.807, 2.05) is 6.26 Å². The fraction of sp³-hybridized carbons (Fsp3) is 0.0800. The van der Waals surface area contributed by atoms with Crippen molar-refractivity contribution in [2.45, 2.75) is 11.3 Å². The van der Waals surface area contributed by atoms with Crippen LogP contribution in [0.15, 0.2) is 77.7 Å². The summed E-state index contributed by atoms with van der Waals surface area (Å²) < 4.78 is 13.5. The van der Waals surface area contributed by atoms with E-state index in [2.05, 4.69) is 24.3 Å². The number of halogens is 2. The lowest BCUT2D eigenvalue weighted by Gasteiger charge is -2.10. The zero-order valence-corrected chi connectivity index (χ0v) is 19.1. The molecule has 0 spiro atoms. The molecule has 0 radical (unpaired) electrons. The van der Waals surface area contributed by atoms with Gasteiger partial charge in [-0.25, -0.2) is 4.39 Å². The highest BCUT2D eigenvalue weighted by Gasteiger charge is 2.24. The predicted molar refractivity (Wildman–Crippen MR) is 130 cm³/mol. The quantitative estimate of drug-likeness (QED) is 0.238. The fourth-order valence-electron chi connectivity index (χ4n) is 3.43. The standard InChI is InChI=1S/C25H19ClFNOS2/c1-30-20-12-2-15(3-13-20)14-21-22(23(29)16-4-8-18(26)9-5-16)25(28)31-24(21)17-6-10-19(27)11-7-17/h2-13H,14,28H2,1H3. The molecular weight excluding hydrogens is 449 g/mol. The van der Waals surface area contributed by atoms with Gasteiger partial charge in [-0.05, 0) is 77.9 Å². The zero-order chi connectivity index (χ0) is 22.0. The van der Waals surface area contributed by atoms with Crippen LogP contribution in [0.25, 0.3) is 10.4 Å². The highest BCUT2D eigenvalue weighted by Crippen LogP contribution is 2.41. The van der Waals surface area contributed by atoms with Gasteiger partial charge in [0.2, 0.25) is 0 Å². The summed E-state index contributed by atoms with van der Waals surface area (Å²) in [5, 5.41) is 1.02. The van der Waals surface area contributed by atoms with Crippen molar-refractivity contribution in [3.8, 4) is 10.4 Å². The molecule has 3 aromatic carbocycles. The summed E-state index contributed by atoms with van der Waals surface area (Å²) >= 11 is 9.02. The third-order valence-corrected chi connectivity index (χ3v) is 7.12. The molecule has 6 heteroatoms. The molecular formula is C25H19ClFNOS2. The number of ketones is 1. The predicted octanol–water partition coefficient (Wildman–Crippen LogP) is 7.33. The summed E-state index contributed by atoms with van der Waals surface area (Å²) in [6.45, 7) is 0. The first-order chi connectivity index (χ1) is 15.0. The van der Waals surface area contributed by atoms with Crippen molar-refractivity contribution in [3.63, 3.8) is 0 Å². The van der Waals surface area contributed by atoms with Crippen LogP contribution >= 0.6 is 34.7 Å². The maximum atomic E-state index is 13.5. The van der Waals surface area contributed by atoms with Crippen LogP contribution in [0.3, 0.4) is 0 Å². The Labute approximate surface area is 193 Å². The highest BCUT2D eigenvalue weighted by atomic mass is 35.5. The minimum Gasteiger partial charge on any atom is -0.390 e. The van der Waals surface area contributed by atoms with E-state index in [1.165, 1.54) is 28.4 Å². The molecule has 0 aliphatic rings. The van der Waals surface area contributed by atoms with Gasteiger partial charge in [-0.2, -0.15) is 0 Å². The molecule has 0 saturated carbocycles. The van der Waals surface area contributed by atoms with Crippen LogP contribution in [0.4, 0.5) is 9.39 Å². The van der Waals surface area contributed by atoms with Crippen LogP contribution in [0, 0.1) is 5.82 Å². The van der Waals surface area contributed by atoms with Gasteiger partial charge < -0.3 is 5.73 Å². The maximum absolute atomic E-state index is 13.5. The molecule has 0 atom stereocenters. The van der Waals surface area contributed by atoms with Gasteiger partial charge in [0.25, 0.3) is 0 Å². The third-order valence-electron chi connectivity index (χ3n) is 5.01. The van der Waals surface area contributed by atoms with Gasteiger partial charge in [-0.15, -0.1) is 23.1 Å². The van der Waals surface area contributed by atoms with Crippen LogP contribution in [0.2, 0.25) is 5.02 Å². The molecule has 1 heterocycles. The summed E-state index contributed by atoms with van der Waals surface area (Å²) in [4.78, 5) is 15.5. The van der Waals surface area contributed by atoms with E-state index in [1.54, 1.807) is 48.2 Å². The van der Waals surface area contributed by atoms with E-state index in [9.17, 15) is 9.18 Å². The van der Waals surface area contributed by atoms with Crippen molar-refractivity contribution in [1.29, 1.82) is 0 Å². The van der Waals surface area contributed by atoms with Crippen molar-refractivity contribution in [2.24, 2.45) is 0 Å². The number of benzene rings is 3. The Balaban J connectivity index is 1.83. The molecule has 4 aromatic rings. The number of carbonyl (C=O) groups excluding carboxylic acids is 1. The first-order valence-corrected chi connectivity index (χ1v) is 12.0. The van der Waals surface area contributed by atoms with E-state index in [4.69, 9.17) is 17.3 Å². The Hall–Kier alpha value is -2.60. The Kier molecular flexibility index (Phi) is 6.46. The number of thiophene rings is 1. The van der Waals surface area contributed by atoms with E-state index >= 15 is 0 Å². The summed E-state index contributed by atoms with van der Waals surface area (Å²) in [6.07, 6.45) is 2.58. The number of anilines is 1. The second-order valence-corrected chi connectivity index (χ2v) is 9.39. The largest absolute Gasteiger partial charge is 0.390 e. The van der Waals surface area contributed by atoms with Crippen molar-refractivity contribution in [3.05, 3.63) is 106 Å². The lowest BCUT2D eigenvalue weighted by molar-refractivity contribution is 0.103. The molecule has 2 N–H and O–H groups in total. The Morgan fingerprint density at radius 3 is 2.26 bits per heavy atom. The molecule has 31 heavy (non-hydrogen) atoms. The molecule has 156 valence electrons. The average molecular weight is 468 g/mol. The van der Waals surface area contributed by atoms with Gasteiger partial charge in [-0.1, -0.05) is 35.9 Å². The summed E-state index contributed by atoms with van der Waals surface area (Å²) in [5.74, 6) is -0.450. The summed E-state index contributed by atoms with van der Waals surface area (Å²) in [7, 11) is 0. The Morgan fingerprint density at radius 2 is 1.65 bits per heavy atom. The van der Waals surface area contributed by atoms with E-state index < -0.39 is 0 Å². The first-order valence-electron chi connectivity index (χ1n) is 9.56. The van der Waals surface area contributed by atoms with E-state index in [0.717, 1.165) is 21.6 Å². The van der Waals surface area contributed by atoms with E-state index in [-0.39, 0.29) is 11.6 Å². The second-order valence-electron chi connectivity index (χ2n) is 7.02. The summed E-state index contributed by atoms with van der Waals surface area (Å²) in [6, 6.07) is 21.3. The number of hydrogen-bond acceptors (Lipinski definition) is 4. The number of nitrogen functional groups attached to an aromatic ring is 1. The fourth-order valence-corrected chi connectivity index (χ4v) is 5.05. The molecule has 1 aromatic heterocycles. The van der Waals surface area contributed by atoms with Gasteiger partial charge in [0, 0.05) is 20.4 Å². The summed E-state index contributed by atoms with van der Waals surface area (Å²) in [5.41, 5.74) is 10.2. The van der Waals surface area contributed by atoms with Crippen LogP contribution in [-0.4, -0.2) is 12.0 Å². The molecule has 2 nitrogen and oxygen atoms in total. The van der Waals surface area contributed by atoms with Crippen LogP contribution in [0.1, 0.15) is 27.0 Å². The van der Waals surface area contributed by atoms with Gasteiger partial charge in [0.15, 0.2) is 5.78 Å². The maximum Gasteiger partial charge on any atom is 0.196 e. The Bertz CT molecular complexity index is 1220. The lowest BCUT2D eigenvalue weighted by Crippen LogP contribution is -2.07. The van der Waals surface area contributed by atoms with Gasteiger partial charge in [-0.3, -0.25) is 4.79 Å². The molecule has 0 aliphatic heterocycles. The van der Waals surface area contributed by atoms with E-state index in [0.29, 0.717) is 27.6 Å². The number of hydrogen-bond donors (Lipinski definition) is 1. The van der Waals surface area contributed by atoms with Crippen LogP contribution < -0.4 is 5.73 Å². The van der Waals surface area contributed by atoms with Gasteiger partial charge >= 0.3 is 0 Å². The van der Waals surface area contributed by atoms with Crippen LogP contribution in [0.5, 0.6) is 0 Å². The first kappa shape index (κ1) is 21.6. The van der Waals surface area contributed by atoms with Gasteiger partial charge in [0.05, 0.1) is 10.6 Å². The normalized spacial score (nSPS) is 10.9. The van der Waals surface area contributed by atoms with Crippen molar-refractivity contribution in [1.82, 2.24) is 0 Å². The third kappa shape index (κ3) is 4.69. The molecule has 0 aliphatic carbocycles. The van der Waals surface area contributed by atoms with Crippen molar-refractivity contribution in [2.75, 3.05) is 12.0 Å². The van der Waals surface area contributed by atoms with Crippen molar-refractivity contribution < 1.29 is 9.18 Å². The number of nitrogens with two attached hydrogens (primary N) is 1.